The minimum absolute atomic E-state index is 0.0238. The molecule has 1 aliphatic heterocycles. The van der Waals surface area contributed by atoms with Crippen LogP contribution in [0.4, 0.5) is 0 Å². The van der Waals surface area contributed by atoms with Gasteiger partial charge in [0.05, 0.1) is 5.25 Å². The zero-order chi connectivity index (χ0) is 15.2. The number of nitrogens with one attached hydrogen (secondary N) is 1. The molecule has 1 unspecified atom stereocenters. The van der Waals surface area contributed by atoms with Gasteiger partial charge in [-0.25, -0.2) is 0 Å². The summed E-state index contributed by atoms with van der Waals surface area (Å²) in [6, 6.07) is 9.95. The van der Waals surface area contributed by atoms with Crippen LogP contribution >= 0.6 is 24.0 Å². The fraction of sp³-hybridized carbons (Fsp3) is 0.400. The number of rotatable bonds is 6. The summed E-state index contributed by atoms with van der Waals surface area (Å²) in [4.78, 5) is 25.3. The molecular formula is C15H18N2O2S2. The van der Waals surface area contributed by atoms with Crippen molar-refractivity contribution < 1.29 is 9.59 Å². The summed E-state index contributed by atoms with van der Waals surface area (Å²) in [5.41, 5.74) is 1.17. The van der Waals surface area contributed by atoms with Crippen molar-refractivity contribution >= 4 is 40.1 Å². The van der Waals surface area contributed by atoms with Gasteiger partial charge in [-0.05, 0) is 18.4 Å². The van der Waals surface area contributed by atoms with Gasteiger partial charge in [-0.3, -0.25) is 14.5 Å². The van der Waals surface area contributed by atoms with Crippen molar-refractivity contribution in [2.75, 3.05) is 13.1 Å². The number of carbonyl (C=O) groups is 2. The van der Waals surface area contributed by atoms with Crippen LogP contribution in [0, 0.1) is 0 Å². The fourth-order valence-corrected chi connectivity index (χ4v) is 3.51. The van der Waals surface area contributed by atoms with E-state index in [4.69, 9.17) is 12.2 Å². The Hall–Kier alpha value is -1.40. The minimum Gasteiger partial charge on any atom is -0.354 e. The Morgan fingerprint density at radius 1 is 1.38 bits per heavy atom. The lowest BCUT2D eigenvalue weighted by molar-refractivity contribution is -0.131. The molecule has 0 radical (unpaired) electrons. The van der Waals surface area contributed by atoms with Crippen molar-refractivity contribution in [3.05, 3.63) is 35.9 Å². The van der Waals surface area contributed by atoms with Crippen LogP contribution in [0.3, 0.4) is 0 Å². The molecule has 21 heavy (non-hydrogen) atoms. The lowest BCUT2D eigenvalue weighted by atomic mass is 10.1. The van der Waals surface area contributed by atoms with Gasteiger partial charge in [0.15, 0.2) is 0 Å². The minimum atomic E-state index is -0.168. The van der Waals surface area contributed by atoms with Crippen LogP contribution < -0.4 is 5.32 Å². The molecule has 0 aliphatic carbocycles. The van der Waals surface area contributed by atoms with E-state index in [1.807, 2.05) is 37.3 Å². The monoisotopic (exact) mass is 322 g/mol. The number of thioether (sulfide) groups is 1. The number of carbonyl (C=O) groups excluding carboxylic acids is 2. The first-order chi connectivity index (χ1) is 10.1. The van der Waals surface area contributed by atoms with Gasteiger partial charge in [0.1, 0.15) is 10.9 Å². The van der Waals surface area contributed by atoms with Crippen molar-refractivity contribution in [3.8, 4) is 0 Å². The molecule has 2 rings (SSSR count). The van der Waals surface area contributed by atoms with Crippen LogP contribution in [-0.2, 0) is 16.0 Å². The summed E-state index contributed by atoms with van der Waals surface area (Å²) < 4.78 is 0.505. The summed E-state index contributed by atoms with van der Waals surface area (Å²) >= 11 is 6.53. The summed E-state index contributed by atoms with van der Waals surface area (Å²) in [5.74, 6) is -0.218. The Morgan fingerprint density at radius 3 is 2.71 bits per heavy atom. The Kier molecular flexibility index (Phi) is 5.76. The van der Waals surface area contributed by atoms with Crippen molar-refractivity contribution in [2.45, 2.75) is 25.0 Å². The molecular weight excluding hydrogens is 304 g/mol. The second kappa shape index (κ2) is 7.56. The van der Waals surface area contributed by atoms with Crippen LogP contribution in [0.2, 0.25) is 0 Å². The maximum atomic E-state index is 12.0. The molecule has 0 spiro atoms. The highest BCUT2D eigenvalue weighted by Gasteiger charge is 2.36. The molecule has 0 aromatic heterocycles. The second-order valence-corrected chi connectivity index (χ2v) is 6.63. The van der Waals surface area contributed by atoms with Crippen molar-refractivity contribution in [2.24, 2.45) is 0 Å². The first-order valence-electron chi connectivity index (χ1n) is 6.94. The molecule has 1 atom stereocenters. The van der Waals surface area contributed by atoms with E-state index in [1.165, 1.54) is 22.2 Å². The summed E-state index contributed by atoms with van der Waals surface area (Å²) in [6.45, 7) is 2.53. The maximum Gasteiger partial charge on any atom is 0.242 e. The van der Waals surface area contributed by atoms with Gasteiger partial charge >= 0.3 is 0 Å². The third-order valence-electron chi connectivity index (χ3n) is 3.26. The summed E-state index contributed by atoms with van der Waals surface area (Å²) in [5, 5.41) is 2.70. The third-order valence-corrected chi connectivity index (χ3v) is 5.01. The maximum absolute atomic E-state index is 12.0. The highest BCUT2D eigenvalue weighted by molar-refractivity contribution is 8.24. The zero-order valence-electron chi connectivity index (χ0n) is 11.9. The van der Waals surface area contributed by atoms with Gasteiger partial charge in [0.2, 0.25) is 11.8 Å². The average Bonchev–Trinajstić information content (AvgIpc) is 2.76. The topological polar surface area (TPSA) is 49.4 Å². The number of amides is 2. The van der Waals surface area contributed by atoms with Crippen LogP contribution in [-0.4, -0.2) is 39.4 Å². The van der Waals surface area contributed by atoms with E-state index in [1.54, 1.807) is 0 Å². The molecule has 1 N–H and O–H groups in total. The number of hydrogen-bond donors (Lipinski definition) is 1. The van der Waals surface area contributed by atoms with Gasteiger partial charge in [-0.1, -0.05) is 61.2 Å². The molecule has 1 aromatic rings. The number of benzene rings is 1. The smallest absolute Gasteiger partial charge is 0.242 e. The Bertz CT molecular complexity index is 534. The number of thiocarbonyl (C=S) groups is 1. The highest BCUT2D eigenvalue weighted by atomic mass is 32.2. The first-order valence-corrected chi connectivity index (χ1v) is 8.23. The molecule has 1 fully saturated rings. The highest BCUT2D eigenvalue weighted by Crippen LogP contribution is 2.28. The van der Waals surface area contributed by atoms with Crippen LogP contribution in [0.5, 0.6) is 0 Å². The number of hydrogen-bond acceptors (Lipinski definition) is 4. The fourth-order valence-electron chi connectivity index (χ4n) is 2.09. The lowest BCUT2D eigenvalue weighted by Gasteiger charge is -2.15. The quantitative estimate of drug-likeness (QED) is 0.814. The van der Waals surface area contributed by atoms with E-state index in [0.29, 0.717) is 10.9 Å². The Morgan fingerprint density at radius 2 is 2.10 bits per heavy atom. The Balaban J connectivity index is 1.77. The van der Waals surface area contributed by atoms with E-state index in [9.17, 15) is 9.59 Å². The van der Waals surface area contributed by atoms with E-state index in [-0.39, 0.29) is 23.6 Å². The van der Waals surface area contributed by atoms with Crippen LogP contribution in [0.25, 0.3) is 0 Å². The summed E-state index contributed by atoms with van der Waals surface area (Å²) in [6.07, 6.45) is 1.51. The van der Waals surface area contributed by atoms with Crippen LogP contribution in [0.15, 0.2) is 30.3 Å². The van der Waals surface area contributed by atoms with Gasteiger partial charge in [0, 0.05) is 6.54 Å². The SMILES string of the molecule is CCC1SC(=S)N(CC(=O)NCCc2ccccc2)C1=O. The molecule has 1 aliphatic rings. The van der Waals surface area contributed by atoms with Gasteiger partial charge in [0.25, 0.3) is 0 Å². The second-order valence-electron chi connectivity index (χ2n) is 4.79. The van der Waals surface area contributed by atoms with Crippen molar-refractivity contribution in [1.29, 1.82) is 0 Å². The van der Waals surface area contributed by atoms with Crippen LogP contribution in [0.1, 0.15) is 18.9 Å². The molecule has 1 heterocycles. The van der Waals surface area contributed by atoms with Gasteiger partial charge in [-0.15, -0.1) is 0 Å². The van der Waals surface area contributed by atoms with Gasteiger partial charge < -0.3 is 5.32 Å². The standard InChI is InChI=1S/C15H18N2O2S2/c1-2-12-14(19)17(15(20)21-12)10-13(18)16-9-8-11-6-4-3-5-7-11/h3-7,12H,2,8-10H2,1H3,(H,16,18). The van der Waals surface area contributed by atoms with E-state index in [2.05, 4.69) is 5.32 Å². The lowest BCUT2D eigenvalue weighted by Crippen LogP contribution is -2.41. The predicted molar refractivity (Wildman–Crippen MR) is 89.1 cm³/mol. The van der Waals surface area contributed by atoms with Crippen molar-refractivity contribution in [1.82, 2.24) is 10.2 Å². The molecule has 1 aromatic carbocycles. The van der Waals surface area contributed by atoms with Crippen molar-refractivity contribution in [3.63, 3.8) is 0 Å². The van der Waals surface area contributed by atoms with Gasteiger partial charge in [-0.2, -0.15) is 0 Å². The average molecular weight is 322 g/mol. The van der Waals surface area contributed by atoms with E-state index >= 15 is 0 Å². The molecule has 0 bridgehead atoms. The molecule has 0 saturated carbocycles. The van der Waals surface area contributed by atoms with E-state index < -0.39 is 0 Å². The molecule has 112 valence electrons. The largest absolute Gasteiger partial charge is 0.354 e. The number of nitrogens with zero attached hydrogens (tertiary/aromatic N) is 1. The Labute approximate surface area is 134 Å². The predicted octanol–water partition coefficient (Wildman–Crippen LogP) is 1.98. The normalized spacial score (nSPS) is 18.1. The molecule has 6 heteroatoms. The molecule has 1 saturated heterocycles. The summed E-state index contributed by atoms with van der Waals surface area (Å²) in [7, 11) is 0. The third kappa shape index (κ3) is 4.28. The first kappa shape index (κ1) is 16.0. The van der Waals surface area contributed by atoms with E-state index in [0.717, 1.165) is 12.8 Å². The molecule has 2 amide bonds. The zero-order valence-corrected chi connectivity index (χ0v) is 13.5. The molecule has 4 nitrogen and oxygen atoms in total.